The van der Waals surface area contributed by atoms with E-state index >= 15 is 0 Å². The van der Waals surface area contributed by atoms with Crippen molar-refractivity contribution in [3.8, 4) is 0 Å². The molecule has 2 aromatic carbocycles. The van der Waals surface area contributed by atoms with E-state index in [2.05, 4.69) is 5.32 Å². The average Bonchev–Trinajstić information content (AvgIpc) is 2.42. The highest BCUT2D eigenvalue weighted by Gasteiger charge is 2.24. The zero-order chi connectivity index (χ0) is 15.6. The first-order valence-corrected chi connectivity index (χ1v) is 6.35. The van der Waals surface area contributed by atoms with Gasteiger partial charge >= 0.3 is 5.69 Å². The van der Waals surface area contributed by atoms with Crippen LogP contribution in [-0.2, 0) is 0 Å². The number of nitrogens with one attached hydrogen (secondary N) is 1. The maximum atomic E-state index is 13.1. The van der Waals surface area contributed by atoms with Gasteiger partial charge in [-0.3, -0.25) is 14.9 Å². The van der Waals surface area contributed by atoms with Crippen LogP contribution < -0.4 is 5.32 Å². The van der Waals surface area contributed by atoms with E-state index in [-0.39, 0.29) is 21.3 Å². The van der Waals surface area contributed by atoms with Crippen molar-refractivity contribution in [3.63, 3.8) is 0 Å². The second kappa shape index (κ2) is 6.07. The molecule has 0 saturated carbocycles. The van der Waals surface area contributed by atoms with Crippen molar-refractivity contribution < 1.29 is 14.1 Å². The van der Waals surface area contributed by atoms with E-state index in [1.54, 1.807) is 0 Å². The number of amides is 1. The monoisotopic (exact) mass is 328 g/mol. The largest absolute Gasteiger partial charge is 0.320 e. The molecule has 2 aromatic rings. The van der Waals surface area contributed by atoms with Crippen LogP contribution in [-0.4, -0.2) is 10.8 Å². The quantitative estimate of drug-likeness (QED) is 0.674. The van der Waals surface area contributed by atoms with E-state index in [4.69, 9.17) is 23.2 Å². The van der Waals surface area contributed by atoms with Gasteiger partial charge in [-0.25, -0.2) is 4.39 Å². The molecule has 0 aliphatic carbocycles. The van der Waals surface area contributed by atoms with Crippen LogP contribution in [0.2, 0.25) is 10.0 Å². The number of halogens is 3. The number of benzene rings is 2. The molecule has 21 heavy (non-hydrogen) atoms. The van der Waals surface area contributed by atoms with Gasteiger partial charge < -0.3 is 5.32 Å². The Morgan fingerprint density at radius 3 is 2.57 bits per heavy atom. The number of hydrogen-bond acceptors (Lipinski definition) is 3. The second-order valence-electron chi connectivity index (χ2n) is 3.97. The fourth-order valence-corrected chi connectivity index (χ4v) is 2.08. The van der Waals surface area contributed by atoms with Crippen molar-refractivity contribution in [1.29, 1.82) is 0 Å². The molecule has 0 bridgehead atoms. The molecule has 0 aliphatic rings. The van der Waals surface area contributed by atoms with Crippen molar-refractivity contribution >= 4 is 40.5 Å². The Kier molecular flexibility index (Phi) is 4.40. The lowest BCUT2D eigenvalue weighted by molar-refractivity contribution is -0.385. The Hall–Kier alpha value is -2.18. The molecule has 0 spiro atoms. The molecule has 0 saturated heterocycles. The summed E-state index contributed by atoms with van der Waals surface area (Å²) in [4.78, 5) is 22.3. The summed E-state index contributed by atoms with van der Waals surface area (Å²) in [5.41, 5.74) is -0.757. The molecule has 0 heterocycles. The van der Waals surface area contributed by atoms with Crippen LogP contribution >= 0.6 is 23.2 Å². The fourth-order valence-electron chi connectivity index (χ4n) is 1.67. The lowest BCUT2D eigenvalue weighted by atomic mass is 10.1. The number of nitro groups is 1. The minimum atomic E-state index is -0.809. The number of nitrogens with zero attached hydrogens (tertiary/aromatic N) is 1. The van der Waals surface area contributed by atoms with Crippen LogP contribution in [0, 0.1) is 15.9 Å². The number of hydrogen-bond donors (Lipinski definition) is 1. The van der Waals surface area contributed by atoms with Gasteiger partial charge in [-0.15, -0.1) is 0 Å². The second-order valence-corrected chi connectivity index (χ2v) is 4.79. The van der Waals surface area contributed by atoms with Gasteiger partial charge in [0.15, 0.2) is 0 Å². The zero-order valence-electron chi connectivity index (χ0n) is 10.3. The first kappa shape index (κ1) is 15.2. The van der Waals surface area contributed by atoms with Crippen LogP contribution in [0.3, 0.4) is 0 Å². The summed E-state index contributed by atoms with van der Waals surface area (Å²) in [6, 6.07) is 7.34. The van der Waals surface area contributed by atoms with Gasteiger partial charge in [-0.1, -0.05) is 29.3 Å². The molecule has 8 heteroatoms. The molecule has 1 N–H and O–H groups in total. The number of carbonyl (C=O) groups excluding carboxylic acids is 1. The van der Waals surface area contributed by atoms with Crippen molar-refractivity contribution in [2.75, 3.05) is 5.32 Å². The standard InChI is InChI=1S/C13H7Cl2FN2O3/c14-9-5-4-7(16)6-11(9)17-13(19)8-2-1-3-10(15)12(8)18(20)21/h1-6H,(H,17,19). The van der Waals surface area contributed by atoms with Gasteiger partial charge in [0.1, 0.15) is 16.4 Å². The SMILES string of the molecule is O=C(Nc1cc(F)ccc1Cl)c1cccc(Cl)c1[N+](=O)[O-]. The molecular formula is C13H7Cl2FN2O3. The molecular weight excluding hydrogens is 322 g/mol. The van der Waals surface area contributed by atoms with E-state index in [1.165, 1.54) is 24.3 Å². The number of rotatable bonds is 3. The van der Waals surface area contributed by atoms with Gasteiger partial charge in [0, 0.05) is 0 Å². The van der Waals surface area contributed by atoms with Crippen molar-refractivity contribution in [2.24, 2.45) is 0 Å². The number of nitro benzene ring substituents is 1. The highest BCUT2D eigenvalue weighted by molar-refractivity contribution is 6.35. The van der Waals surface area contributed by atoms with E-state index in [0.29, 0.717) is 0 Å². The Bertz CT molecular complexity index is 737. The fraction of sp³-hybridized carbons (Fsp3) is 0. The Balaban J connectivity index is 2.40. The van der Waals surface area contributed by atoms with Crippen molar-refractivity contribution in [1.82, 2.24) is 0 Å². The summed E-state index contributed by atoms with van der Waals surface area (Å²) >= 11 is 11.5. The normalized spacial score (nSPS) is 10.2. The summed E-state index contributed by atoms with van der Waals surface area (Å²) < 4.78 is 13.1. The summed E-state index contributed by atoms with van der Waals surface area (Å²) in [6.45, 7) is 0. The van der Waals surface area contributed by atoms with Crippen LogP contribution in [0.5, 0.6) is 0 Å². The summed E-state index contributed by atoms with van der Waals surface area (Å²) in [5, 5.41) is 13.2. The molecule has 5 nitrogen and oxygen atoms in total. The summed E-state index contributed by atoms with van der Waals surface area (Å²) in [6.07, 6.45) is 0. The minimum Gasteiger partial charge on any atom is -0.320 e. The highest BCUT2D eigenvalue weighted by atomic mass is 35.5. The predicted molar refractivity (Wildman–Crippen MR) is 77.5 cm³/mol. The first-order valence-electron chi connectivity index (χ1n) is 5.59. The molecule has 0 unspecified atom stereocenters. The Labute approximate surface area is 128 Å². The lowest BCUT2D eigenvalue weighted by Gasteiger charge is -2.08. The van der Waals surface area contributed by atoms with Crippen molar-refractivity contribution in [2.45, 2.75) is 0 Å². The zero-order valence-corrected chi connectivity index (χ0v) is 11.8. The predicted octanol–water partition coefficient (Wildman–Crippen LogP) is 4.29. The average molecular weight is 329 g/mol. The van der Waals surface area contributed by atoms with E-state index in [9.17, 15) is 19.3 Å². The van der Waals surface area contributed by atoms with Crippen LogP contribution in [0.4, 0.5) is 15.8 Å². The smallest absolute Gasteiger partial charge is 0.300 e. The third-order valence-corrected chi connectivity index (χ3v) is 3.23. The van der Waals surface area contributed by atoms with Crippen LogP contribution in [0.25, 0.3) is 0 Å². The van der Waals surface area contributed by atoms with Gasteiger partial charge in [0.2, 0.25) is 0 Å². The van der Waals surface area contributed by atoms with Gasteiger partial charge in [0.05, 0.1) is 15.6 Å². The molecule has 0 atom stereocenters. The molecule has 1 amide bonds. The summed E-state index contributed by atoms with van der Waals surface area (Å²) in [5.74, 6) is -1.41. The van der Waals surface area contributed by atoms with E-state index < -0.39 is 22.3 Å². The number of para-hydroxylation sites is 1. The van der Waals surface area contributed by atoms with Gasteiger partial charge in [0.25, 0.3) is 5.91 Å². The lowest BCUT2D eigenvalue weighted by Crippen LogP contribution is -2.14. The third-order valence-electron chi connectivity index (χ3n) is 2.59. The minimum absolute atomic E-state index is 0.0101. The maximum Gasteiger partial charge on any atom is 0.300 e. The number of carbonyl (C=O) groups is 1. The topological polar surface area (TPSA) is 72.2 Å². The van der Waals surface area contributed by atoms with Crippen LogP contribution in [0.1, 0.15) is 10.4 Å². The van der Waals surface area contributed by atoms with Crippen LogP contribution in [0.15, 0.2) is 36.4 Å². The maximum absolute atomic E-state index is 13.1. The van der Waals surface area contributed by atoms with E-state index in [1.807, 2.05) is 0 Å². The molecule has 0 aromatic heterocycles. The first-order chi connectivity index (χ1) is 9.90. The molecule has 0 fully saturated rings. The molecule has 0 aliphatic heterocycles. The van der Waals surface area contributed by atoms with Gasteiger partial charge in [-0.2, -0.15) is 0 Å². The third kappa shape index (κ3) is 3.29. The van der Waals surface area contributed by atoms with Gasteiger partial charge in [-0.05, 0) is 30.3 Å². The van der Waals surface area contributed by atoms with E-state index in [0.717, 1.165) is 12.1 Å². The molecule has 0 radical (unpaired) electrons. The molecule has 2 rings (SSSR count). The Morgan fingerprint density at radius 2 is 1.90 bits per heavy atom. The Morgan fingerprint density at radius 1 is 1.19 bits per heavy atom. The van der Waals surface area contributed by atoms with Crippen molar-refractivity contribution in [3.05, 3.63) is 67.9 Å². The number of anilines is 1. The molecule has 108 valence electrons. The highest BCUT2D eigenvalue weighted by Crippen LogP contribution is 2.30. The summed E-state index contributed by atoms with van der Waals surface area (Å²) in [7, 11) is 0.